The number of benzene rings is 1. The van der Waals surface area contributed by atoms with Gasteiger partial charge in [0.2, 0.25) is 0 Å². The first-order valence-corrected chi connectivity index (χ1v) is 11.0. The molecule has 2 N–H and O–H groups in total. The summed E-state index contributed by atoms with van der Waals surface area (Å²) in [5.41, 5.74) is 2.41. The number of aliphatic imine (C=N–C) groups is 1. The molecule has 2 heterocycles. The third-order valence-electron chi connectivity index (χ3n) is 5.70. The highest BCUT2D eigenvalue weighted by Gasteiger charge is 2.25. The average Bonchev–Trinajstić information content (AvgIpc) is 3.32. The summed E-state index contributed by atoms with van der Waals surface area (Å²) in [4.78, 5) is 13.2. The zero-order valence-electron chi connectivity index (χ0n) is 17.9. The molecule has 0 saturated carbocycles. The van der Waals surface area contributed by atoms with Crippen LogP contribution in [0.4, 0.5) is 0 Å². The number of hydrogen-bond donors (Lipinski definition) is 2. The number of H-pyrrole nitrogens is 1. The van der Waals surface area contributed by atoms with Crippen LogP contribution in [0, 0.1) is 5.92 Å². The lowest BCUT2D eigenvalue weighted by atomic mass is 10.1. The second kappa shape index (κ2) is 12.0. The number of rotatable bonds is 8. The molecule has 162 valence electrons. The van der Waals surface area contributed by atoms with Crippen molar-refractivity contribution in [1.82, 2.24) is 20.1 Å². The van der Waals surface area contributed by atoms with Gasteiger partial charge in [0.1, 0.15) is 0 Å². The molecule has 1 aromatic carbocycles. The van der Waals surface area contributed by atoms with Crippen molar-refractivity contribution in [2.75, 3.05) is 45.8 Å². The van der Waals surface area contributed by atoms with Crippen molar-refractivity contribution in [3.63, 3.8) is 0 Å². The molecule has 7 heteroatoms. The molecule has 1 aromatic heterocycles. The van der Waals surface area contributed by atoms with E-state index in [4.69, 9.17) is 16.6 Å². The number of hydrogen-bond acceptors (Lipinski definition) is 2. The molecule has 1 atom stereocenters. The van der Waals surface area contributed by atoms with Gasteiger partial charge in [0, 0.05) is 54.8 Å². The maximum Gasteiger partial charge on any atom is 0.193 e. The first kappa shape index (κ1) is 24.3. The van der Waals surface area contributed by atoms with E-state index in [0.29, 0.717) is 0 Å². The fraction of sp³-hybridized carbons (Fsp3) is 0.591. The normalized spacial score (nSPS) is 17.2. The molecule has 5 nitrogen and oxygen atoms in total. The molecule has 1 fully saturated rings. The number of guanidine groups is 1. The van der Waals surface area contributed by atoms with Crippen LogP contribution in [0.2, 0.25) is 5.02 Å². The van der Waals surface area contributed by atoms with E-state index in [1.165, 1.54) is 23.9 Å². The topological polar surface area (TPSA) is 46.7 Å². The van der Waals surface area contributed by atoms with Crippen molar-refractivity contribution >= 4 is 52.4 Å². The number of likely N-dealkylation sites (tertiary alicyclic amines) is 1. The van der Waals surface area contributed by atoms with Gasteiger partial charge >= 0.3 is 0 Å². The SMILES string of the molecule is CCNC(=NCCc1c[nH]c2ccc(Cl)cc12)N1CCC(CN(CC)CC)C1.I. The Hall–Kier alpha value is -0.990. The number of aromatic amines is 1. The molecule has 3 rings (SSSR count). The van der Waals surface area contributed by atoms with E-state index in [9.17, 15) is 0 Å². The van der Waals surface area contributed by atoms with E-state index in [0.717, 1.165) is 68.1 Å². The van der Waals surface area contributed by atoms with Gasteiger partial charge in [-0.2, -0.15) is 0 Å². The van der Waals surface area contributed by atoms with Crippen LogP contribution in [0.3, 0.4) is 0 Å². The van der Waals surface area contributed by atoms with E-state index in [-0.39, 0.29) is 24.0 Å². The Balaban J connectivity index is 0.00000300. The summed E-state index contributed by atoms with van der Waals surface area (Å²) in [6, 6.07) is 6.00. The molecule has 0 aliphatic carbocycles. The van der Waals surface area contributed by atoms with Crippen molar-refractivity contribution < 1.29 is 0 Å². The highest BCUT2D eigenvalue weighted by Crippen LogP contribution is 2.23. The summed E-state index contributed by atoms with van der Waals surface area (Å²) in [7, 11) is 0. The first-order chi connectivity index (χ1) is 13.6. The van der Waals surface area contributed by atoms with Gasteiger partial charge < -0.3 is 20.1 Å². The van der Waals surface area contributed by atoms with Gasteiger partial charge in [0.15, 0.2) is 5.96 Å². The highest BCUT2D eigenvalue weighted by atomic mass is 127. The quantitative estimate of drug-likeness (QED) is 0.297. The van der Waals surface area contributed by atoms with Crippen LogP contribution in [0.5, 0.6) is 0 Å². The van der Waals surface area contributed by atoms with E-state index >= 15 is 0 Å². The number of aromatic nitrogens is 1. The molecule has 1 aliphatic heterocycles. The van der Waals surface area contributed by atoms with Gasteiger partial charge in [-0.1, -0.05) is 25.4 Å². The molecule has 1 aliphatic rings. The van der Waals surface area contributed by atoms with Crippen LogP contribution in [-0.2, 0) is 6.42 Å². The third kappa shape index (κ3) is 6.49. The Bertz CT molecular complexity index is 787. The molecule has 0 bridgehead atoms. The van der Waals surface area contributed by atoms with E-state index < -0.39 is 0 Å². The summed E-state index contributed by atoms with van der Waals surface area (Å²) in [5, 5.41) is 5.47. The minimum atomic E-state index is 0. The Kier molecular flexibility index (Phi) is 10.1. The van der Waals surface area contributed by atoms with E-state index in [2.05, 4.69) is 47.1 Å². The second-order valence-electron chi connectivity index (χ2n) is 7.58. The fourth-order valence-corrected chi connectivity index (χ4v) is 4.26. The summed E-state index contributed by atoms with van der Waals surface area (Å²) in [6.07, 6.45) is 4.24. The lowest BCUT2D eigenvalue weighted by Crippen LogP contribution is -2.41. The van der Waals surface area contributed by atoms with Gasteiger partial charge in [0.25, 0.3) is 0 Å². The van der Waals surface area contributed by atoms with Gasteiger partial charge in [-0.05, 0) is 62.5 Å². The van der Waals surface area contributed by atoms with Gasteiger partial charge in [-0.3, -0.25) is 4.99 Å². The van der Waals surface area contributed by atoms with Crippen LogP contribution in [0.15, 0.2) is 29.4 Å². The molecule has 0 spiro atoms. The molecule has 2 aromatic rings. The minimum Gasteiger partial charge on any atom is -0.361 e. The zero-order valence-corrected chi connectivity index (χ0v) is 21.0. The summed E-state index contributed by atoms with van der Waals surface area (Å²) >= 11 is 6.17. The Labute approximate surface area is 197 Å². The highest BCUT2D eigenvalue weighted by molar-refractivity contribution is 14.0. The van der Waals surface area contributed by atoms with Crippen LogP contribution >= 0.6 is 35.6 Å². The summed E-state index contributed by atoms with van der Waals surface area (Å²) < 4.78 is 0. The summed E-state index contributed by atoms with van der Waals surface area (Å²) in [5.74, 6) is 1.79. The van der Waals surface area contributed by atoms with Crippen molar-refractivity contribution in [2.24, 2.45) is 10.9 Å². The predicted octanol–water partition coefficient (Wildman–Crippen LogP) is 4.61. The van der Waals surface area contributed by atoms with E-state index in [1.807, 2.05) is 18.2 Å². The largest absolute Gasteiger partial charge is 0.361 e. The molecule has 0 amide bonds. The molecule has 0 radical (unpaired) electrons. The lowest BCUT2D eigenvalue weighted by Gasteiger charge is -2.24. The van der Waals surface area contributed by atoms with Gasteiger partial charge in [-0.15, -0.1) is 24.0 Å². The second-order valence-corrected chi connectivity index (χ2v) is 8.01. The predicted molar refractivity (Wildman–Crippen MR) is 136 cm³/mol. The first-order valence-electron chi connectivity index (χ1n) is 10.7. The van der Waals surface area contributed by atoms with Crippen LogP contribution in [0.25, 0.3) is 10.9 Å². The molecule has 29 heavy (non-hydrogen) atoms. The van der Waals surface area contributed by atoms with Crippen molar-refractivity contribution in [3.05, 3.63) is 35.0 Å². The smallest absolute Gasteiger partial charge is 0.193 e. The fourth-order valence-electron chi connectivity index (χ4n) is 4.09. The molecular weight excluding hydrogens is 497 g/mol. The van der Waals surface area contributed by atoms with Gasteiger partial charge in [-0.25, -0.2) is 0 Å². The molecular formula is C22H35ClIN5. The molecule has 1 saturated heterocycles. The van der Waals surface area contributed by atoms with Crippen molar-refractivity contribution in [1.29, 1.82) is 0 Å². The summed E-state index contributed by atoms with van der Waals surface area (Å²) in [6.45, 7) is 14.0. The zero-order chi connectivity index (χ0) is 19.9. The minimum absolute atomic E-state index is 0. The maximum absolute atomic E-state index is 6.17. The van der Waals surface area contributed by atoms with Crippen LogP contribution in [-0.4, -0.2) is 66.6 Å². The van der Waals surface area contributed by atoms with Crippen LogP contribution in [0.1, 0.15) is 32.8 Å². The van der Waals surface area contributed by atoms with Gasteiger partial charge in [0.05, 0.1) is 0 Å². The standard InChI is InChI=1S/C22H34ClN5.HI/c1-4-24-22(28-12-10-17(16-28)15-27(5-2)6-3)25-11-9-18-14-26-21-8-7-19(23)13-20(18)21;/h7-8,13-14,17,26H,4-6,9-12,15-16H2,1-3H3,(H,24,25);1H. The number of nitrogens with one attached hydrogen (secondary N) is 2. The Morgan fingerprint density at radius 3 is 2.83 bits per heavy atom. The Morgan fingerprint density at radius 1 is 1.31 bits per heavy atom. The van der Waals surface area contributed by atoms with Crippen molar-refractivity contribution in [3.8, 4) is 0 Å². The molecule has 1 unspecified atom stereocenters. The maximum atomic E-state index is 6.17. The monoisotopic (exact) mass is 531 g/mol. The van der Waals surface area contributed by atoms with Crippen LogP contribution < -0.4 is 5.32 Å². The number of fused-ring (bicyclic) bond motifs is 1. The van der Waals surface area contributed by atoms with E-state index in [1.54, 1.807) is 0 Å². The average molecular weight is 532 g/mol. The third-order valence-corrected chi connectivity index (χ3v) is 5.94. The number of halogens is 2. The number of nitrogens with zero attached hydrogens (tertiary/aromatic N) is 3. The van der Waals surface area contributed by atoms with Crippen molar-refractivity contribution in [2.45, 2.75) is 33.6 Å². The Morgan fingerprint density at radius 2 is 2.10 bits per heavy atom. The lowest BCUT2D eigenvalue weighted by molar-refractivity contribution is 0.255.